The Kier molecular flexibility index (Phi) is 7.92. The van der Waals surface area contributed by atoms with E-state index in [0.717, 1.165) is 0 Å². The van der Waals surface area contributed by atoms with Gasteiger partial charge in [-0.1, -0.05) is 34.8 Å². The molecule has 9 heteroatoms. The Morgan fingerprint density at radius 3 is 2.05 bits per heavy atom. The van der Waals surface area contributed by atoms with Crippen molar-refractivity contribution in [2.45, 2.75) is 17.7 Å². The Morgan fingerprint density at radius 2 is 1.52 bits per heavy atom. The number of esters is 2. The van der Waals surface area contributed by atoms with Crippen molar-refractivity contribution in [3.05, 3.63) is 27.2 Å². The number of ether oxygens (including phenoxy) is 2. The molecule has 0 fully saturated rings. The second kappa shape index (κ2) is 8.91. The maximum Gasteiger partial charge on any atom is 0.311 e. The lowest BCUT2D eigenvalue weighted by atomic mass is 10.3. The first kappa shape index (κ1) is 18.7. The molecule has 0 unspecified atom stereocenters. The molecule has 0 aliphatic rings. The van der Waals surface area contributed by atoms with Crippen molar-refractivity contribution in [1.82, 2.24) is 0 Å². The van der Waals surface area contributed by atoms with Crippen molar-refractivity contribution in [2.24, 2.45) is 0 Å². The predicted molar refractivity (Wildman–Crippen MR) is 82.8 cm³/mol. The third kappa shape index (κ3) is 6.94. The number of benzene rings is 1. The van der Waals surface area contributed by atoms with Crippen molar-refractivity contribution < 1.29 is 19.1 Å². The minimum atomic E-state index is -0.812. The van der Waals surface area contributed by atoms with E-state index in [-0.39, 0.29) is 35.2 Å². The smallest absolute Gasteiger partial charge is 0.311 e. The molecule has 21 heavy (non-hydrogen) atoms. The minimum absolute atomic E-state index is 0.0114. The normalized spacial score (nSPS) is 10.6. The Bertz CT molecular complexity index is 509. The van der Waals surface area contributed by atoms with E-state index in [0.29, 0.717) is 5.02 Å². The molecular formula is C12H9Cl5O4. The van der Waals surface area contributed by atoms with Crippen molar-refractivity contribution in [1.29, 1.82) is 0 Å². The first-order chi connectivity index (χ1) is 9.79. The molecule has 1 rings (SSSR count). The van der Waals surface area contributed by atoms with E-state index in [1.165, 1.54) is 12.1 Å². The molecule has 0 N–H and O–H groups in total. The summed E-state index contributed by atoms with van der Waals surface area (Å²) in [6.07, 6.45) is -0.383. The number of hydrogen-bond donors (Lipinski definition) is 0. The summed E-state index contributed by atoms with van der Waals surface area (Å²) in [4.78, 5) is 22.1. The molecule has 0 saturated carbocycles. The molecule has 0 bridgehead atoms. The summed E-state index contributed by atoms with van der Waals surface area (Å²) in [5.74, 6) is -1.32. The monoisotopic (exact) mass is 392 g/mol. The van der Waals surface area contributed by atoms with Gasteiger partial charge in [-0.05, 0) is 12.1 Å². The Labute approximate surface area is 146 Å². The first-order valence-electron chi connectivity index (χ1n) is 5.58. The zero-order chi connectivity index (χ0) is 16.0. The molecule has 1 aromatic carbocycles. The van der Waals surface area contributed by atoms with Gasteiger partial charge in [0.05, 0.1) is 22.9 Å². The van der Waals surface area contributed by atoms with Crippen LogP contribution in [0, 0.1) is 0 Å². The molecule has 0 amide bonds. The highest BCUT2D eigenvalue weighted by Crippen LogP contribution is 2.36. The summed E-state index contributed by atoms with van der Waals surface area (Å²) in [6, 6.07) is 2.76. The third-order valence-corrected chi connectivity index (χ3v) is 3.11. The van der Waals surface area contributed by atoms with Gasteiger partial charge in [-0.25, -0.2) is 0 Å². The number of rotatable bonds is 6. The van der Waals surface area contributed by atoms with Gasteiger partial charge in [-0.2, -0.15) is 0 Å². The van der Waals surface area contributed by atoms with E-state index in [2.05, 4.69) is 4.74 Å². The van der Waals surface area contributed by atoms with E-state index >= 15 is 0 Å². The van der Waals surface area contributed by atoms with Crippen LogP contribution < -0.4 is 4.74 Å². The van der Waals surface area contributed by atoms with Crippen LogP contribution in [0.25, 0.3) is 0 Å². The highest BCUT2D eigenvalue weighted by Gasteiger charge is 2.15. The van der Waals surface area contributed by atoms with Crippen LogP contribution in [0.3, 0.4) is 0 Å². The maximum atomic E-state index is 11.6. The zero-order valence-corrected chi connectivity index (χ0v) is 14.2. The lowest BCUT2D eigenvalue weighted by molar-refractivity contribution is -0.146. The Morgan fingerprint density at radius 1 is 1.00 bits per heavy atom. The van der Waals surface area contributed by atoms with Crippen molar-refractivity contribution in [3.8, 4) is 5.75 Å². The molecule has 0 saturated heterocycles. The fraction of sp³-hybridized carbons (Fsp3) is 0.333. The fourth-order valence-electron chi connectivity index (χ4n) is 1.22. The van der Waals surface area contributed by atoms with E-state index < -0.39 is 16.8 Å². The van der Waals surface area contributed by atoms with E-state index in [1.54, 1.807) is 0 Å². The largest absolute Gasteiger partial charge is 0.463 e. The molecule has 0 heterocycles. The van der Waals surface area contributed by atoms with Crippen LogP contribution in [0.5, 0.6) is 5.75 Å². The van der Waals surface area contributed by atoms with Crippen LogP contribution in [0.1, 0.15) is 12.8 Å². The predicted octanol–water partition coefficient (Wildman–Crippen LogP) is 4.68. The molecule has 0 aliphatic heterocycles. The summed E-state index contributed by atoms with van der Waals surface area (Å²) >= 11 is 28.2. The summed E-state index contributed by atoms with van der Waals surface area (Å²) in [6.45, 7) is -0.147. The van der Waals surface area contributed by atoms with Gasteiger partial charge in [0.2, 0.25) is 0 Å². The van der Waals surface area contributed by atoms with Crippen LogP contribution in [0.2, 0.25) is 15.1 Å². The number of carbonyl (C=O) groups excluding carboxylic acids is 2. The SMILES string of the molecule is O=C(CCC(=O)Oc1c(Cl)cc(Cl)cc1Cl)OCC(Cl)Cl. The van der Waals surface area contributed by atoms with Crippen molar-refractivity contribution in [3.63, 3.8) is 0 Å². The van der Waals surface area contributed by atoms with Crippen LogP contribution >= 0.6 is 58.0 Å². The van der Waals surface area contributed by atoms with Crippen molar-refractivity contribution in [2.75, 3.05) is 6.61 Å². The van der Waals surface area contributed by atoms with E-state index in [9.17, 15) is 9.59 Å². The van der Waals surface area contributed by atoms with Gasteiger partial charge < -0.3 is 9.47 Å². The molecular weight excluding hydrogens is 385 g/mol. The van der Waals surface area contributed by atoms with Crippen LogP contribution in [-0.2, 0) is 14.3 Å². The quantitative estimate of drug-likeness (QED) is 0.399. The lowest BCUT2D eigenvalue weighted by Crippen LogP contribution is -2.14. The van der Waals surface area contributed by atoms with Crippen LogP contribution in [-0.4, -0.2) is 23.4 Å². The molecule has 116 valence electrons. The second-order valence-corrected chi connectivity index (χ2v) is 6.27. The van der Waals surface area contributed by atoms with Gasteiger partial charge in [0, 0.05) is 5.02 Å². The average Bonchev–Trinajstić information content (AvgIpc) is 2.38. The number of hydrogen-bond acceptors (Lipinski definition) is 4. The van der Waals surface area contributed by atoms with Gasteiger partial charge in [0.15, 0.2) is 5.75 Å². The minimum Gasteiger partial charge on any atom is -0.463 e. The summed E-state index contributed by atoms with van der Waals surface area (Å²) in [7, 11) is 0. The zero-order valence-electron chi connectivity index (χ0n) is 10.4. The second-order valence-electron chi connectivity index (χ2n) is 3.75. The first-order valence-corrected chi connectivity index (χ1v) is 7.59. The van der Waals surface area contributed by atoms with Gasteiger partial charge in [-0.3, -0.25) is 9.59 Å². The molecule has 0 aliphatic carbocycles. The molecule has 0 atom stereocenters. The lowest BCUT2D eigenvalue weighted by Gasteiger charge is -2.09. The number of carbonyl (C=O) groups is 2. The summed E-state index contributed by atoms with van der Waals surface area (Å²) in [5, 5.41) is 0.496. The molecule has 0 spiro atoms. The summed E-state index contributed by atoms with van der Waals surface area (Å²) < 4.78 is 9.67. The highest BCUT2D eigenvalue weighted by molar-refractivity contribution is 6.44. The summed E-state index contributed by atoms with van der Waals surface area (Å²) in [5.41, 5.74) is 0. The molecule has 0 aromatic heterocycles. The van der Waals surface area contributed by atoms with Crippen LogP contribution in [0.15, 0.2) is 12.1 Å². The van der Waals surface area contributed by atoms with Crippen LogP contribution in [0.4, 0.5) is 0 Å². The average molecular weight is 394 g/mol. The van der Waals surface area contributed by atoms with Gasteiger partial charge in [0.25, 0.3) is 0 Å². The Hall–Kier alpha value is -0.390. The highest BCUT2D eigenvalue weighted by atomic mass is 35.5. The van der Waals surface area contributed by atoms with E-state index in [4.69, 9.17) is 62.7 Å². The topological polar surface area (TPSA) is 52.6 Å². The number of halogens is 5. The van der Waals surface area contributed by atoms with Gasteiger partial charge >= 0.3 is 11.9 Å². The fourth-order valence-corrected chi connectivity index (χ4v) is 2.24. The molecule has 0 radical (unpaired) electrons. The van der Waals surface area contributed by atoms with E-state index in [1.807, 2.05) is 0 Å². The Balaban J connectivity index is 2.50. The van der Waals surface area contributed by atoms with Gasteiger partial charge in [0.1, 0.15) is 11.4 Å². The third-order valence-electron chi connectivity index (χ3n) is 2.08. The standard InChI is InChI=1S/C12H9Cl5O4/c13-6-3-7(14)12(8(15)4-6)21-11(19)2-1-10(18)20-5-9(16)17/h3-4,9H,1-2,5H2. The maximum absolute atomic E-state index is 11.6. The van der Waals surface area contributed by atoms with Gasteiger partial charge in [-0.15, -0.1) is 23.2 Å². The molecule has 1 aromatic rings. The molecule has 4 nitrogen and oxygen atoms in total. The number of alkyl halides is 2. The van der Waals surface area contributed by atoms with Crippen molar-refractivity contribution >= 4 is 69.9 Å².